The molecule has 5 nitrogen and oxygen atoms in total. The lowest BCUT2D eigenvalue weighted by molar-refractivity contribution is -0.153. The SMILES string of the molecule is C[C@H](OC(=O)CCOc1ccccc1)C(=O)Nc1ccc2ccccc2c1. The number of para-hydroxylation sites is 1. The van der Waals surface area contributed by atoms with Crippen molar-refractivity contribution in [1.29, 1.82) is 0 Å². The van der Waals surface area contributed by atoms with E-state index in [-0.39, 0.29) is 18.9 Å². The minimum atomic E-state index is -0.888. The van der Waals surface area contributed by atoms with E-state index >= 15 is 0 Å². The summed E-state index contributed by atoms with van der Waals surface area (Å²) in [6, 6.07) is 22.7. The van der Waals surface area contributed by atoms with Crippen LogP contribution in [0.4, 0.5) is 5.69 Å². The van der Waals surface area contributed by atoms with Crippen molar-refractivity contribution >= 4 is 28.3 Å². The van der Waals surface area contributed by atoms with Crippen molar-refractivity contribution in [3.63, 3.8) is 0 Å². The number of carbonyl (C=O) groups excluding carboxylic acids is 2. The Bertz CT molecular complexity index is 924. The van der Waals surface area contributed by atoms with Gasteiger partial charge in [-0.2, -0.15) is 0 Å². The molecule has 0 unspecified atom stereocenters. The highest BCUT2D eigenvalue weighted by Gasteiger charge is 2.18. The number of nitrogens with one attached hydrogen (secondary N) is 1. The number of anilines is 1. The van der Waals surface area contributed by atoms with E-state index in [1.165, 1.54) is 0 Å². The average molecular weight is 363 g/mol. The molecule has 0 bridgehead atoms. The second-order valence-corrected chi connectivity index (χ2v) is 6.09. The number of rotatable bonds is 7. The van der Waals surface area contributed by atoms with Crippen LogP contribution in [0.5, 0.6) is 5.75 Å². The van der Waals surface area contributed by atoms with Crippen molar-refractivity contribution < 1.29 is 19.1 Å². The lowest BCUT2D eigenvalue weighted by Gasteiger charge is -2.14. The van der Waals surface area contributed by atoms with Gasteiger partial charge in [0, 0.05) is 5.69 Å². The lowest BCUT2D eigenvalue weighted by atomic mass is 10.1. The van der Waals surface area contributed by atoms with E-state index in [4.69, 9.17) is 9.47 Å². The minimum Gasteiger partial charge on any atom is -0.493 e. The predicted octanol–water partition coefficient (Wildman–Crippen LogP) is 4.18. The van der Waals surface area contributed by atoms with Crippen LogP contribution in [0.25, 0.3) is 10.8 Å². The predicted molar refractivity (Wildman–Crippen MR) is 105 cm³/mol. The third-order valence-electron chi connectivity index (χ3n) is 4.01. The fraction of sp³-hybridized carbons (Fsp3) is 0.182. The molecule has 138 valence electrons. The van der Waals surface area contributed by atoms with E-state index in [1.54, 1.807) is 6.92 Å². The first kappa shape index (κ1) is 18.5. The molecule has 1 N–H and O–H groups in total. The van der Waals surface area contributed by atoms with Gasteiger partial charge in [0.05, 0.1) is 13.0 Å². The Morgan fingerprint density at radius 1 is 0.926 bits per heavy atom. The summed E-state index contributed by atoms with van der Waals surface area (Å²) in [5, 5.41) is 4.89. The van der Waals surface area contributed by atoms with Crippen molar-refractivity contribution in [1.82, 2.24) is 0 Å². The summed E-state index contributed by atoms with van der Waals surface area (Å²) in [5.74, 6) is -0.165. The summed E-state index contributed by atoms with van der Waals surface area (Å²) in [5.41, 5.74) is 0.661. The molecule has 1 atom stereocenters. The summed E-state index contributed by atoms with van der Waals surface area (Å²) in [6.45, 7) is 1.74. The van der Waals surface area contributed by atoms with Crippen molar-refractivity contribution in [3.8, 4) is 5.75 Å². The van der Waals surface area contributed by atoms with E-state index in [2.05, 4.69) is 5.32 Å². The van der Waals surface area contributed by atoms with Gasteiger partial charge in [0.1, 0.15) is 5.75 Å². The van der Waals surface area contributed by atoms with Gasteiger partial charge in [0.2, 0.25) is 0 Å². The molecule has 0 aliphatic heterocycles. The minimum absolute atomic E-state index is 0.0719. The maximum absolute atomic E-state index is 12.3. The maximum Gasteiger partial charge on any atom is 0.310 e. The molecule has 0 aliphatic carbocycles. The van der Waals surface area contributed by atoms with Crippen molar-refractivity contribution in [2.45, 2.75) is 19.4 Å². The zero-order chi connectivity index (χ0) is 19.1. The van der Waals surface area contributed by atoms with Crippen molar-refractivity contribution in [2.75, 3.05) is 11.9 Å². The number of benzene rings is 3. The Kier molecular flexibility index (Phi) is 6.05. The third kappa shape index (κ3) is 5.31. The molecular formula is C22H21NO4. The molecule has 27 heavy (non-hydrogen) atoms. The highest BCUT2D eigenvalue weighted by Crippen LogP contribution is 2.19. The van der Waals surface area contributed by atoms with Crippen LogP contribution in [-0.4, -0.2) is 24.6 Å². The number of ether oxygens (including phenoxy) is 2. The number of amides is 1. The number of hydrogen-bond acceptors (Lipinski definition) is 4. The molecule has 0 saturated heterocycles. The smallest absolute Gasteiger partial charge is 0.310 e. The Labute approximate surface area is 157 Å². The van der Waals surface area contributed by atoms with Gasteiger partial charge in [-0.15, -0.1) is 0 Å². The zero-order valence-corrected chi connectivity index (χ0v) is 15.1. The van der Waals surface area contributed by atoms with Gasteiger partial charge >= 0.3 is 5.97 Å². The van der Waals surface area contributed by atoms with E-state index in [9.17, 15) is 9.59 Å². The molecule has 0 saturated carbocycles. The van der Waals surface area contributed by atoms with Gasteiger partial charge in [0.25, 0.3) is 5.91 Å². The van der Waals surface area contributed by atoms with Crippen LogP contribution in [-0.2, 0) is 14.3 Å². The van der Waals surface area contributed by atoms with Crippen LogP contribution >= 0.6 is 0 Å². The number of esters is 1. The first-order chi connectivity index (χ1) is 13.1. The van der Waals surface area contributed by atoms with E-state index < -0.39 is 12.1 Å². The summed E-state index contributed by atoms with van der Waals surface area (Å²) >= 11 is 0. The van der Waals surface area contributed by atoms with Crippen molar-refractivity contribution in [3.05, 3.63) is 72.8 Å². The molecule has 0 aliphatic rings. The quantitative estimate of drug-likeness (QED) is 0.640. The summed E-state index contributed by atoms with van der Waals surface area (Å²) in [4.78, 5) is 24.2. The molecule has 0 radical (unpaired) electrons. The maximum atomic E-state index is 12.3. The van der Waals surface area contributed by atoms with E-state index in [0.29, 0.717) is 11.4 Å². The summed E-state index contributed by atoms with van der Waals surface area (Å²) in [6.07, 6.45) is -0.816. The Morgan fingerprint density at radius 2 is 1.63 bits per heavy atom. The van der Waals surface area contributed by atoms with Crippen LogP contribution in [0.3, 0.4) is 0 Å². The third-order valence-corrected chi connectivity index (χ3v) is 4.01. The standard InChI is InChI=1S/C22H21NO4/c1-16(27-21(24)13-14-26-20-9-3-2-4-10-20)22(25)23-19-12-11-17-7-5-6-8-18(17)15-19/h2-12,15-16H,13-14H2,1H3,(H,23,25)/t16-/m0/s1. The monoisotopic (exact) mass is 363 g/mol. The first-order valence-electron chi connectivity index (χ1n) is 8.79. The van der Waals surface area contributed by atoms with Crippen LogP contribution in [0.15, 0.2) is 72.8 Å². The lowest BCUT2D eigenvalue weighted by Crippen LogP contribution is -2.30. The molecule has 3 aromatic carbocycles. The summed E-state index contributed by atoms with van der Waals surface area (Å²) in [7, 11) is 0. The van der Waals surface area contributed by atoms with Gasteiger partial charge in [0.15, 0.2) is 6.10 Å². The Balaban J connectivity index is 1.47. The second-order valence-electron chi connectivity index (χ2n) is 6.09. The van der Waals surface area contributed by atoms with Gasteiger partial charge in [-0.1, -0.05) is 48.5 Å². The van der Waals surface area contributed by atoms with Crippen LogP contribution < -0.4 is 10.1 Å². The molecule has 0 heterocycles. The van der Waals surface area contributed by atoms with Crippen LogP contribution in [0.2, 0.25) is 0 Å². The molecule has 5 heteroatoms. The number of hydrogen-bond donors (Lipinski definition) is 1. The molecule has 3 rings (SSSR count). The highest BCUT2D eigenvalue weighted by molar-refractivity contribution is 5.97. The Hall–Kier alpha value is -3.34. The highest BCUT2D eigenvalue weighted by atomic mass is 16.5. The zero-order valence-electron chi connectivity index (χ0n) is 15.1. The van der Waals surface area contributed by atoms with E-state index in [0.717, 1.165) is 10.8 Å². The molecular weight excluding hydrogens is 342 g/mol. The molecule has 1 amide bonds. The molecule has 3 aromatic rings. The number of carbonyl (C=O) groups is 2. The average Bonchev–Trinajstić information content (AvgIpc) is 2.68. The normalized spacial score (nSPS) is 11.6. The fourth-order valence-electron chi connectivity index (χ4n) is 2.59. The fourth-order valence-corrected chi connectivity index (χ4v) is 2.59. The molecule has 0 spiro atoms. The first-order valence-corrected chi connectivity index (χ1v) is 8.79. The second kappa shape index (κ2) is 8.85. The van der Waals surface area contributed by atoms with E-state index in [1.807, 2.05) is 72.8 Å². The molecule has 0 fully saturated rings. The van der Waals surface area contributed by atoms with Gasteiger partial charge in [-0.05, 0) is 42.0 Å². The summed E-state index contributed by atoms with van der Waals surface area (Å²) < 4.78 is 10.6. The van der Waals surface area contributed by atoms with Crippen molar-refractivity contribution in [2.24, 2.45) is 0 Å². The topological polar surface area (TPSA) is 64.6 Å². The molecule has 0 aromatic heterocycles. The Morgan fingerprint density at radius 3 is 2.41 bits per heavy atom. The number of fused-ring (bicyclic) bond motifs is 1. The van der Waals surface area contributed by atoms with Gasteiger partial charge < -0.3 is 14.8 Å². The van der Waals surface area contributed by atoms with Gasteiger partial charge in [-0.3, -0.25) is 9.59 Å². The van der Waals surface area contributed by atoms with Crippen LogP contribution in [0.1, 0.15) is 13.3 Å². The van der Waals surface area contributed by atoms with Crippen LogP contribution in [0, 0.1) is 0 Å². The largest absolute Gasteiger partial charge is 0.493 e. The van der Waals surface area contributed by atoms with Gasteiger partial charge in [-0.25, -0.2) is 0 Å².